The first-order valence-electron chi connectivity index (χ1n) is 9.55. The van der Waals surface area contributed by atoms with Crippen molar-refractivity contribution in [1.82, 2.24) is 10.2 Å². The van der Waals surface area contributed by atoms with Crippen LogP contribution >= 0.6 is 11.6 Å². The number of sulfonamides is 1. The van der Waals surface area contributed by atoms with E-state index < -0.39 is 40.2 Å². The van der Waals surface area contributed by atoms with Gasteiger partial charge in [0.05, 0.1) is 24.1 Å². The van der Waals surface area contributed by atoms with Crippen molar-refractivity contribution in [2.75, 3.05) is 31.3 Å². The SMILES string of the molecule is CNC(=O)[C@@H](C)N(Cc1ccccc1F)C(=O)CN(c1ccc(OC)c(Cl)c1)S(C)(=O)=O. The van der Waals surface area contributed by atoms with Gasteiger partial charge < -0.3 is 15.0 Å². The molecule has 0 saturated carbocycles. The van der Waals surface area contributed by atoms with Crippen LogP contribution in [0.2, 0.25) is 5.02 Å². The Labute approximate surface area is 192 Å². The van der Waals surface area contributed by atoms with E-state index in [2.05, 4.69) is 5.32 Å². The van der Waals surface area contributed by atoms with Crippen LogP contribution in [0.4, 0.5) is 10.1 Å². The fourth-order valence-electron chi connectivity index (χ4n) is 3.03. The number of carbonyl (C=O) groups is 2. The molecule has 0 spiro atoms. The Hall–Kier alpha value is -2.85. The van der Waals surface area contributed by atoms with Crippen molar-refractivity contribution in [2.45, 2.75) is 19.5 Å². The highest BCUT2D eigenvalue weighted by molar-refractivity contribution is 7.92. The maximum absolute atomic E-state index is 14.2. The standard InChI is InChI=1S/C21H25ClFN3O5S/c1-14(21(28)24-2)25(12-15-7-5-6-8-18(15)23)20(27)13-26(32(4,29)30)16-9-10-19(31-3)17(22)11-16/h5-11,14H,12-13H2,1-4H3,(H,24,28)/t14-/m1/s1. The Balaban J connectivity index is 2.42. The van der Waals surface area contributed by atoms with Crippen molar-refractivity contribution < 1.29 is 27.1 Å². The second-order valence-corrected chi connectivity index (χ2v) is 9.31. The molecule has 0 fully saturated rings. The smallest absolute Gasteiger partial charge is 0.244 e. The molecular weight excluding hydrogens is 461 g/mol. The third-order valence-corrected chi connectivity index (χ3v) is 6.25. The Bertz CT molecular complexity index is 1100. The number of hydrogen-bond acceptors (Lipinski definition) is 5. The first-order chi connectivity index (χ1) is 15.0. The summed E-state index contributed by atoms with van der Waals surface area (Å²) in [6.07, 6.45) is 0.946. The third-order valence-electron chi connectivity index (χ3n) is 4.81. The van der Waals surface area contributed by atoms with Gasteiger partial charge in [-0.1, -0.05) is 29.8 Å². The van der Waals surface area contributed by atoms with Crippen LogP contribution in [-0.2, 0) is 26.2 Å². The summed E-state index contributed by atoms with van der Waals surface area (Å²) in [4.78, 5) is 26.6. The quantitative estimate of drug-likeness (QED) is 0.588. The second kappa shape index (κ2) is 10.6. The Morgan fingerprint density at radius 1 is 1.22 bits per heavy atom. The molecule has 2 rings (SSSR count). The van der Waals surface area contributed by atoms with Crippen LogP contribution in [0.15, 0.2) is 42.5 Å². The molecule has 0 bridgehead atoms. The second-order valence-electron chi connectivity index (χ2n) is 6.99. The van der Waals surface area contributed by atoms with Crippen LogP contribution in [0.3, 0.4) is 0 Å². The highest BCUT2D eigenvalue weighted by Gasteiger charge is 2.30. The number of nitrogens with one attached hydrogen (secondary N) is 1. The van der Waals surface area contributed by atoms with Gasteiger partial charge in [0.1, 0.15) is 24.2 Å². The molecule has 0 saturated heterocycles. The number of amides is 2. The molecule has 0 aliphatic rings. The number of benzene rings is 2. The largest absolute Gasteiger partial charge is 0.495 e. The number of methoxy groups -OCH3 is 1. The highest BCUT2D eigenvalue weighted by Crippen LogP contribution is 2.30. The molecule has 0 radical (unpaired) electrons. The molecule has 0 aliphatic heterocycles. The van der Waals surface area contributed by atoms with Gasteiger partial charge in [-0.05, 0) is 31.2 Å². The topological polar surface area (TPSA) is 96.0 Å². The number of carbonyl (C=O) groups excluding carboxylic acids is 2. The van der Waals surface area contributed by atoms with E-state index in [1.807, 2.05) is 0 Å². The number of nitrogens with zero attached hydrogens (tertiary/aromatic N) is 2. The molecule has 2 aromatic rings. The van der Waals surface area contributed by atoms with E-state index >= 15 is 0 Å². The molecule has 0 aliphatic carbocycles. The van der Waals surface area contributed by atoms with Crippen molar-refractivity contribution >= 4 is 39.1 Å². The monoisotopic (exact) mass is 485 g/mol. The van der Waals surface area contributed by atoms with Crippen molar-refractivity contribution in [3.8, 4) is 5.75 Å². The molecule has 0 unspecified atom stereocenters. The first-order valence-corrected chi connectivity index (χ1v) is 11.8. The van der Waals surface area contributed by atoms with Crippen LogP contribution < -0.4 is 14.4 Å². The van der Waals surface area contributed by atoms with Gasteiger partial charge in [-0.3, -0.25) is 13.9 Å². The predicted octanol–water partition coefficient (Wildman–Crippen LogP) is 2.42. The lowest BCUT2D eigenvalue weighted by Gasteiger charge is -2.31. The summed E-state index contributed by atoms with van der Waals surface area (Å²) in [6.45, 7) is 0.644. The van der Waals surface area contributed by atoms with Gasteiger partial charge in [-0.2, -0.15) is 0 Å². The van der Waals surface area contributed by atoms with E-state index in [1.165, 1.54) is 57.5 Å². The summed E-state index contributed by atoms with van der Waals surface area (Å²) < 4.78 is 45.1. The lowest BCUT2D eigenvalue weighted by atomic mass is 10.1. The fourth-order valence-corrected chi connectivity index (χ4v) is 4.12. The zero-order chi connectivity index (χ0) is 24.1. The molecule has 32 heavy (non-hydrogen) atoms. The minimum Gasteiger partial charge on any atom is -0.495 e. The van der Waals surface area contributed by atoms with E-state index in [0.717, 1.165) is 15.5 Å². The lowest BCUT2D eigenvalue weighted by Crippen LogP contribution is -2.50. The molecule has 1 atom stereocenters. The van der Waals surface area contributed by atoms with Crippen molar-refractivity contribution in [3.05, 3.63) is 58.9 Å². The molecular formula is C21H25ClFN3O5S. The Kier molecular flexibility index (Phi) is 8.45. The molecule has 2 aromatic carbocycles. The van der Waals surface area contributed by atoms with Crippen LogP contribution in [0.1, 0.15) is 12.5 Å². The average molecular weight is 486 g/mol. The summed E-state index contributed by atoms with van der Waals surface area (Å²) in [7, 11) is -1.08. The first kappa shape index (κ1) is 25.4. The predicted molar refractivity (Wildman–Crippen MR) is 121 cm³/mol. The van der Waals surface area contributed by atoms with Gasteiger partial charge in [0, 0.05) is 19.2 Å². The molecule has 8 nitrogen and oxygen atoms in total. The molecule has 1 N–H and O–H groups in total. The van der Waals surface area contributed by atoms with Gasteiger partial charge in [-0.15, -0.1) is 0 Å². The van der Waals surface area contributed by atoms with Crippen LogP contribution in [0.5, 0.6) is 5.75 Å². The van der Waals surface area contributed by atoms with Crippen LogP contribution in [0.25, 0.3) is 0 Å². The van der Waals surface area contributed by atoms with E-state index in [9.17, 15) is 22.4 Å². The van der Waals surface area contributed by atoms with Gasteiger partial charge in [0.2, 0.25) is 21.8 Å². The zero-order valence-corrected chi connectivity index (χ0v) is 19.7. The fraction of sp³-hybridized carbons (Fsp3) is 0.333. The van der Waals surface area contributed by atoms with Crippen molar-refractivity contribution in [2.24, 2.45) is 0 Å². The number of hydrogen-bond donors (Lipinski definition) is 1. The van der Waals surface area contributed by atoms with Gasteiger partial charge in [0.25, 0.3) is 0 Å². The molecule has 11 heteroatoms. The maximum atomic E-state index is 14.2. The summed E-state index contributed by atoms with van der Waals surface area (Å²) >= 11 is 6.12. The number of rotatable bonds is 9. The normalized spacial score (nSPS) is 12.1. The number of anilines is 1. The summed E-state index contributed by atoms with van der Waals surface area (Å²) in [6, 6.07) is 9.15. The molecule has 0 heterocycles. The molecule has 2 amide bonds. The van der Waals surface area contributed by atoms with Crippen molar-refractivity contribution in [1.29, 1.82) is 0 Å². The van der Waals surface area contributed by atoms with Crippen molar-refractivity contribution in [3.63, 3.8) is 0 Å². The average Bonchev–Trinajstić information content (AvgIpc) is 2.74. The Morgan fingerprint density at radius 3 is 2.41 bits per heavy atom. The number of likely N-dealkylation sites (N-methyl/N-ethyl adjacent to an activating group) is 1. The van der Waals surface area contributed by atoms with Gasteiger partial charge >= 0.3 is 0 Å². The highest BCUT2D eigenvalue weighted by atomic mass is 35.5. The maximum Gasteiger partial charge on any atom is 0.244 e. The van der Waals surface area contributed by atoms with Crippen LogP contribution in [0, 0.1) is 5.82 Å². The van der Waals surface area contributed by atoms with E-state index in [4.69, 9.17) is 16.3 Å². The molecule has 174 valence electrons. The summed E-state index contributed by atoms with van der Waals surface area (Å²) in [5.74, 6) is -1.38. The summed E-state index contributed by atoms with van der Waals surface area (Å²) in [5.41, 5.74) is 0.333. The van der Waals surface area contributed by atoms with E-state index in [1.54, 1.807) is 6.07 Å². The minimum absolute atomic E-state index is 0.144. The van der Waals surface area contributed by atoms with Crippen LogP contribution in [-0.4, -0.2) is 58.1 Å². The van der Waals surface area contributed by atoms with Gasteiger partial charge in [0.15, 0.2) is 0 Å². The van der Waals surface area contributed by atoms with Gasteiger partial charge in [-0.25, -0.2) is 12.8 Å². The number of ether oxygens (including phenoxy) is 1. The summed E-state index contributed by atoms with van der Waals surface area (Å²) in [5, 5.41) is 2.61. The Morgan fingerprint density at radius 2 is 1.88 bits per heavy atom. The lowest BCUT2D eigenvalue weighted by molar-refractivity contribution is -0.139. The van der Waals surface area contributed by atoms with E-state index in [-0.39, 0.29) is 22.8 Å². The number of halogens is 2. The molecule has 0 aromatic heterocycles. The van der Waals surface area contributed by atoms with E-state index in [0.29, 0.717) is 5.75 Å². The third kappa shape index (κ3) is 6.10. The minimum atomic E-state index is -3.90. The zero-order valence-electron chi connectivity index (χ0n) is 18.1.